The van der Waals surface area contributed by atoms with Crippen LogP contribution in [0.4, 0.5) is 0 Å². The van der Waals surface area contributed by atoms with Crippen molar-refractivity contribution in [1.29, 1.82) is 0 Å². The zero-order valence-electron chi connectivity index (χ0n) is 11.8. The highest BCUT2D eigenvalue weighted by atomic mass is 28.2. The third kappa shape index (κ3) is 4.36. The molecule has 0 aromatic heterocycles. The van der Waals surface area contributed by atoms with Gasteiger partial charge in [0.15, 0.2) is 0 Å². The second-order valence-corrected chi connectivity index (χ2v) is 6.60. The van der Waals surface area contributed by atoms with E-state index in [-0.39, 0.29) is 0 Å². The summed E-state index contributed by atoms with van der Waals surface area (Å²) in [6.45, 7) is 4.69. The molecule has 0 fully saturated rings. The van der Waals surface area contributed by atoms with Crippen LogP contribution < -0.4 is 0 Å². The molecule has 0 amide bonds. The molecule has 0 aliphatic heterocycles. The van der Waals surface area contributed by atoms with Gasteiger partial charge in [-0.1, -0.05) is 86.6 Å². The maximum Gasteiger partial charge on any atom is 0.0390 e. The second-order valence-electron chi connectivity index (χ2n) is 5.28. The Morgan fingerprint density at radius 2 is 1.05 bits per heavy atom. The monoisotopic (exact) mass is 266 g/mol. The molecule has 0 nitrogen and oxygen atoms in total. The lowest BCUT2D eigenvalue weighted by atomic mass is 10.0. The van der Waals surface area contributed by atoms with Crippen molar-refractivity contribution in [3.05, 3.63) is 71.8 Å². The van der Waals surface area contributed by atoms with Gasteiger partial charge < -0.3 is 0 Å². The van der Waals surface area contributed by atoms with Gasteiger partial charge in [0, 0.05) is 9.52 Å². The fraction of sp³-hybridized carbons (Fsp3) is 0.333. The minimum Gasteiger partial charge on any atom is -0.0622 e. The van der Waals surface area contributed by atoms with Gasteiger partial charge in [-0.25, -0.2) is 0 Å². The Bertz CT molecular complexity index is 418. The third-order valence-corrected chi connectivity index (χ3v) is 5.44. The summed E-state index contributed by atoms with van der Waals surface area (Å²) in [7, 11) is 1.04. The summed E-state index contributed by atoms with van der Waals surface area (Å²) < 4.78 is 0. The van der Waals surface area contributed by atoms with Crippen molar-refractivity contribution in [2.75, 3.05) is 0 Å². The van der Waals surface area contributed by atoms with E-state index in [1.807, 2.05) is 0 Å². The van der Waals surface area contributed by atoms with Crippen LogP contribution in [-0.4, -0.2) is 9.52 Å². The Hall–Kier alpha value is -1.34. The average molecular weight is 266 g/mol. The average Bonchev–Trinajstić information content (AvgIpc) is 2.49. The summed E-state index contributed by atoms with van der Waals surface area (Å²) in [5.74, 6) is 1.37. The van der Waals surface area contributed by atoms with Gasteiger partial charge in [0.2, 0.25) is 0 Å². The van der Waals surface area contributed by atoms with Crippen LogP contribution >= 0.6 is 0 Å². The van der Waals surface area contributed by atoms with Crippen molar-refractivity contribution in [3.8, 4) is 0 Å². The second kappa shape index (κ2) is 7.30. The van der Waals surface area contributed by atoms with Crippen LogP contribution in [0.2, 0.25) is 12.1 Å². The highest BCUT2D eigenvalue weighted by molar-refractivity contribution is 6.35. The van der Waals surface area contributed by atoms with E-state index >= 15 is 0 Å². The fourth-order valence-electron chi connectivity index (χ4n) is 2.32. The molecule has 2 aromatic carbocycles. The maximum atomic E-state index is 2.34. The van der Waals surface area contributed by atoms with Gasteiger partial charge in [-0.3, -0.25) is 0 Å². The molecule has 0 bridgehead atoms. The molecule has 1 heteroatoms. The number of rotatable bonds is 6. The van der Waals surface area contributed by atoms with E-state index in [1.54, 1.807) is 0 Å². The summed E-state index contributed by atoms with van der Waals surface area (Å²) in [5.41, 5.74) is 2.95. The van der Waals surface area contributed by atoms with Crippen molar-refractivity contribution in [1.82, 2.24) is 0 Å². The lowest BCUT2D eigenvalue weighted by molar-refractivity contribution is 0.824. The molecule has 0 spiro atoms. The van der Waals surface area contributed by atoms with Gasteiger partial charge in [-0.15, -0.1) is 0 Å². The highest BCUT2D eigenvalue weighted by Gasteiger charge is 2.08. The molecule has 2 atom stereocenters. The topological polar surface area (TPSA) is 0 Å². The molecule has 0 saturated heterocycles. The first-order chi connectivity index (χ1) is 9.27. The summed E-state index contributed by atoms with van der Waals surface area (Å²) in [6.07, 6.45) is 0. The Kier molecular flexibility index (Phi) is 5.40. The van der Waals surface area contributed by atoms with E-state index in [4.69, 9.17) is 0 Å². The smallest absolute Gasteiger partial charge is 0.0390 e. The number of hydrogen-bond acceptors (Lipinski definition) is 0. The minimum atomic E-state index is 0.683. The highest BCUT2D eigenvalue weighted by Crippen LogP contribution is 2.23. The molecule has 98 valence electrons. The normalized spacial score (nSPS) is 14.0. The van der Waals surface area contributed by atoms with Gasteiger partial charge in [0.1, 0.15) is 0 Å². The van der Waals surface area contributed by atoms with Gasteiger partial charge in [0.05, 0.1) is 0 Å². The first-order valence-corrected chi connectivity index (χ1v) is 8.49. The van der Waals surface area contributed by atoms with Crippen molar-refractivity contribution >= 4 is 9.52 Å². The SMILES string of the molecule is CC(C[Si]CC(C)c1ccccc1)c1ccccc1. The summed E-state index contributed by atoms with van der Waals surface area (Å²) in [5, 5.41) is 0. The minimum absolute atomic E-state index is 0.683. The lowest BCUT2D eigenvalue weighted by Crippen LogP contribution is -2.03. The van der Waals surface area contributed by atoms with E-state index in [0.29, 0.717) is 11.8 Å². The summed E-state index contributed by atoms with van der Waals surface area (Å²) in [6, 6.07) is 24.3. The molecule has 2 rings (SSSR count). The largest absolute Gasteiger partial charge is 0.0622 e. The van der Waals surface area contributed by atoms with E-state index in [1.165, 1.54) is 23.2 Å². The van der Waals surface area contributed by atoms with E-state index in [9.17, 15) is 0 Å². The molecule has 0 aliphatic carbocycles. The van der Waals surface area contributed by atoms with E-state index < -0.39 is 0 Å². The Balaban J connectivity index is 1.78. The van der Waals surface area contributed by atoms with Crippen molar-refractivity contribution in [2.24, 2.45) is 0 Å². The van der Waals surface area contributed by atoms with E-state index in [2.05, 4.69) is 74.5 Å². The van der Waals surface area contributed by atoms with Crippen molar-refractivity contribution in [3.63, 3.8) is 0 Å². The molecule has 0 N–H and O–H groups in total. The zero-order valence-corrected chi connectivity index (χ0v) is 12.8. The quantitative estimate of drug-likeness (QED) is 0.635. The van der Waals surface area contributed by atoms with Crippen LogP contribution in [0.15, 0.2) is 60.7 Å². The van der Waals surface area contributed by atoms with Crippen LogP contribution in [0.25, 0.3) is 0 Å². The zero-order chi connectivity index (χ0) is 13.5. The van der Waals surface area contributed by atoms with Gasteiger partial charge in [0.25, 0.3) is 0 Å². The molecular formula is C18H22Si. The molecule has 0 saturated carbocycles. The molecule has 2 unspecified atom stereocenters. The van der Waals surface area contributed by atoms with Gasteiger partial charge >= 0.3 is 0 Å². The van der Waals surface area contributed by atoms with Crippen LogP contribution in [0, 0.1) is 0 Å². The fourth-order valence-corrected chi connectivity index (χ4v) is 3.82. The predicted octanol–water partition coefficient (Wildman–Crippen LogP) is 5.13. The van der Waals surface area contributed by atoms with Crippen molar-refractivity contribution in [2.45, 2.75) is 37.8 Å². The Morgan fingerprint density at radius 3 is 1.42 bits per heavy atom. The standard InChI is InChI=1S/C18H22Si/c1-15(17-9-5-3-6-10-17)13-19-14-16(2)18-11-7-4-8-12-18/h3-12,15-16H,13-14H2,1-2H3. The lowest BCUT2D eigenvalue weighted by Gasteiger charge is -2.14. The molecule has 2 aromatic rings. The van der Waals surface area contributed by atoms with Gasteiger partial charge in [-0.05, 0) is 23.0 Å². The van der Waals surface area contributed by atoms with Crippen LogP contribution in [0.1, 0.15) is 36.8 Å². The number of benzene rings is 2. The predicted molar refractivity (Wildman–Crippen MR) is 85.1 cm³/mol. The van der Waals surface area contributed by atoms with Crippen LogP contribution in [-0.2, 0) is 0 Å². The Morgan fingerprint density at radius 1 is 0.684 bits per heavy atom. The Labute approximate surface area is 119 Å². The molecule has 0 aliphatic rings. The third-order valence-electron chi connectivity index (χ3n) is 3.64. The molecule has 19 heavy (non-hydrogen) atoms. The maximum absolute atomic E-state index is 2.34. The van der Waals surface area contributed by atoms with Gasteiger partial charge in [-0.2, -0.15) is 0 Å². The molecule has 2 radical (unpaired) electrons. The molecule has 0 heterocycles. The summed E-state index contributed by atoms with van der Waals surface area (Å²) >= 11 is 0. The molecular weight excluding hydrogens is 244 g/mol. The first-order valence-electron chi connectivity index (χ1n) is 7.08. The first kappa shape index (κ1) is 14.1. The van der Waals surface area contributed by atoms with Crippen molar-refractivity contribution < 1.29 is 0 Å². The van der Waals surface area contributed by atoms with E-state index in [0.717, 1.165) is 9.52 Å². The van der Waals surface area contributed by atoms with Crippen LogP contribution in [0.3, 0.4) is 0 Å². The number of hydrogen-bond donors (Lipinski definition) is 0. The summed E-state index contributed by atoms with van der Waals surface area (Å²) in [4.78, 5) is 0. The van der Waals surface area contributed by atoms with Crippen LogP contribution in [0.5, 0.6) is 0 Å².